The van der Waals surface area contributed by atoms with Gasteiger partial charge in [-0.1, -0.05) is 52.4 Å². The maximum atomic E-state index is 14.3. The van der Waals surface area contributed by atoms with Gasteiger partial charge in [-0.05, 0) is 61.4 Å². The molecular formula is C24H33FN2O. The minimum atomic E-state index is -0.341. The van der Waals surface area contributed by atoms with Crippen molar-refractivity contribution in [1.82, 2.24) is 10.2 Å². The van der Waals surface area contributed by atoms with Crippen LogP contribution in [0.1, 0.15) is 70.9 Å². The number of aryl methyl sites for hydroxylation is 1. The summed E-state index contributed by atoms with van der Waals surface area (Å²) in [6.45, 7) is 5.05. The first-order chi connectivity index (χ1) is 13.7. The van der Waals surface area contributed by atoms with Gasteiger partial charge in [0.05, 0.1) is 18.0 Å². The number of rotatable bonds is 9. The Kier molecular flexibility index (Phi) is 7.81. The van der Waals surface area contributed by atoms with Crippen LogP contribution >= 0.6 is 0 Å². The lowest BCUT2D eigenvalue weighted by atomic mass is 9.81. The molecule has 3 nitrogen and oxygen atoms in total. The number of aromatic nitrogens is 2. The van der Waals surface area contributed by atoms with Crippen molar-refractivity contribution in [3.63, 3.8) is 0 Å². The molecule has 0 bridgehead atoms. The van der Waals surface area contributed by atoms with Gasteiger partial charge in [0.15, 0.2) is 11.6 Å². The Morgan fingerprint density at radius 2 is 1.86 bits per heavy atom. The van der Waals surface area contributed by atoms with E-state index < -0.39 is 0 Å². The van der Waals surface area contributed by atoms with E-state index in [9.17, 15) is 4.39 Å². The first-order valence-corrected chi connectivity index (χ1v) is 10.9. The molecule has 152 valence electrons. The maximum Gasteiger partial charge on any atom is 0.165 e. The van der Waals surface area contributed by atoms with Crippen LogP contribution in [-0.4, -0.2) is 16.8 Å². The van der Waals surface area contributed by atoms with Crippen molar-refractivity contribution < 1.29 is 9.13 Å². The minimum Gasteiger partial charge on any atom is -0.491 e. The van der Waals surface area contributed by atoms with Gasteiger partial charge in [-0.25, -0.2) is 4.39 Å². The van der Waals surface area contributed by atoms with Crippen molar-refractivity contribution >= 4 is 0 Å². The van der Waals surface area contributed by atoms with Crippen LogP contribution in [0.5, 0.6) is 5.75 Å². The van der Waals surface area contributed by atoms with Crippen LogP contribution in [0.3, 0.4) is 0 Å². The molecule has 1 fully saturated rings. The Labute approximate surface area is 168 Å². The number of halogens is 1. The summed E-state index contributed by atoms with van der Waals surface area (Å²) < 4.78 is 19.8. The Hall–Kier alpha value is -1.97. The van der Waals surface area contributed by atoms with Crippen molar-refractivity contribution in [2.75, 3.05) is 6.61 Å². The molecule has 2 aromatic rings. The molecule has 0 radical (unpaired) electrons. The third kappa shape index (κ3) is 6.02. The summed E-state index contributed by atoms with van der Waals surface area (Å²) >= 11 is 0. The van der Waals surface area contributed by atoms with Crippen LogP contribution in [0.4, 0.5) is 4.39 Å². The van der Waals surface area contributed by atoms with Crippen LogP contribution in [0, 0.1) is 17.7 Å². The molecule has 28 heavy (non-hydrogen) atoms. The third-order valence-electron chi connectivity index (χ3n) is 5.90. The number of hydrogen-bond donors (Lipinski definition) is 0. The molecule has 1 heterocycles. The summed E-state index contributed by atoms with van der Waals surface area (Å²) in [5, 5.41) is 8.70. The van der Waals surface area contributed by atoms with Gasteiger partial charge in [0.1, 0.15) is 0 Å². The van der Waals surface area contributed by atoms with Gasteiger partial charge < -0.3 is 4.74 Å². The van der Waals surface area contributed by atoms with Crippen LogP contribution < -0.4 is 4.74 Å². The van der Waals surface area contributed by atoms with E-state index in [4.69, 9.17) is 4.74 Å². The van der Waals surface area contributed by atoms with E-state index in [-0.39, 0.29) is 5.82 Å². The minimum absolute atomic E-state index is 0.311. The van der Waals surface area contributed by atoms with Crippen LogP contribution in [0.25, 0.3) is 11.3 Å². The lowest BCUT2D eigenvalue weighted by molar-refractivity contribution is 0.277. The normalized spacial score (nSPS) is 19.5. The van der Waals surface area contributed by atoms with Crippen molar-refractivity contribution in [3.05, 3.63) is 41.8 Å². The summed E-state index contributed by atoms with van der Waals surface area (Å²) in [5.74, 6) is 1.69. The summed E-state index contributed by atoms with van der Waals surface area (Å²) in [4.78, 5) is 0. The first kappa shape index (κ1) is 20.8. The van der Waals surface area contributed by atoms with Gasteiger partial charge in [0, 0.05) is 5.56 Å². The fourth-order valence-corrected chi connectivity index (χ4v) is 3.93. The van der Waals surface area contributed by atoms with Gasteiger partial charge in [-0.2, -0.15) is 10.2 Å². The Morgan fingerprint density at radius 3 is 2.54 bits per heavy atom. The van der Waals surface area contributed by atoms with E-state index in [1.165, 1.54) is 38.2 Å². The van der Waals surface area contributed by atoms with E-state index in [2.05, 4.69) is 24.0 Å². The van der Waals surface area contributed by atoms with Gasteiger partial charge in [-0.15, -0.1) is 0 Å². The van der Waals surface area contributed by atoms with E-state index in [1.807, 2.05) is 18.2 Å². The highest BCUT2D eigenvalue weighted by Crippen LogP contribution is 2.31. The fraction of sp³-hybridized carbons (Fsp3) is 0.583. The predicted molar refractivity (Wildman–Crippen MR) is 112 cm³/mol. The average molecular weight is 385 g/mol. The Bertz CT molecular complexity index is 724. The summed E-state index contributed by atoms with van der Waals surface area (Å²) in [6.07, 6.45) is 10.8. The number of benzene rings is 1. The van der Waals surface area contributed by atoms with Crippen molar-refractivity contribution in [2.24, 2.45) is 11.8 Å². The number of nitrogens with zero attached hydrogens (tertiary/aromatic N) is 2. The first-order valence-electron chi connectivity index (χ1n) is 10.9. The highest BCUT2D eigenvalue weighted by molar-refractivity contribution is 5.59. The van der Waals surface area contributed by atoms with E-state index in [1.54, 1.807) is 6.07 Å². The second-order valence-corrected chi connectivity index (χ2v) is 8.28. The van der Waals surface area contributed by atoms with Crippen LogP contribution in [0.2, 0.25) is 0 Å². The molecule has 0 unspecified atom stereocenters. The highest BCUT2D eigenvalue weighted by Gasteiger charge is 2.18. The molecule has 0 saturated heterocycles. The zero-order valence-corrected chi connectivity index (χ0v) is 17.3. The molecule has 4 heteroatoms. The number of hydrogen-bond acceptors (Lipinski definition) is 3. The van der Waals surface area contributed by atoms with E-state index >= 15 is 0 Å². The van der Waals surface area contributed by atoms with Crippen molar-refractivity contribution in [2.45, 2.75) is 71.6 Å². The molecule has 0 atom stereocenters. The smallest absolute Gasteiger partial charge is 0.165 e. The molecule has 1 aromatic heterocycles. The molecule has 0 spiro atoms. The zero-order chi connectivity index (χ0) is 19.8. The molecule has 0 amide bonds. The van der Waals surface area contributed by atoms with E-state index in [0.29, 0.717) is 18.1 Å². The molecule has 1 aliphatic rings. The van der Waals surface area contributed by atoms with Gasteiger partial charge in [-0.3, -0.25) is 0 Å². The molecule has 1 aromatic carbocycles. The topological polar surface area (TPSA) is 35.0 Å². The van der Waals surface area contributed by atoms with E-state index in [0.717, 1.165) is 48.8 Å². The highest BCUT2D eigenvalue weighted by atomic mass is 19.1. The average Bonchev–Trinajstić information content (AvgIpc) is 2.72. The maximum absolute atomic E-state index is 14.3. The van der Waals surface area contributed by atoms with Crippen LogP contribution in [-0.2, 0) is 6.42 Å². The quantitative estimate of drug-likeness (QED) is 0.456. The lowest BCUT2D eigenvalue weighted by Crippen LogP contribution is -2.13. The van der Waals surface area contributed by atoms with Crippen molar-refractivity contribution in [1.29, 1.82) is 0 Å². The predicted octanol–water partition coefficient (Wildman–Crippen LogP) is 6.61. The molecule has 1 aliphatic carbocycles. The largest absolute Gasteiger partial charge is 0.491 e. The van der Waals surface area contributed by atoms with Gasteiger partial charge >= 0.3 is 0 Å². The number of unbranched alkanes of at least 4 members (excludes halogenated alkanes) is 2. The summed E-state index contributed by atoms with van der Waals surface area (Å²) in [7, 11) is 0. The second-order valence-electron chi connectivity index (χ2n) is 8.28. The summed E-state index contributed by atoms with van der Waals surface area (Å²) in [6, 6.07) is 9.01. The molecular weight excluding hydrogens is 351 g/mol. The third-order valence-corrected chi connectivity index (χ3v) is 5.90. The molecule has 1 saturated carbocycles. The SMILES string of the molecule is CCCCCOc1ccc(-c2ccc(CCC3CCC(C)CC3)nn2)cc1F. The fourth-order valence-electron chi connectivity index (χ4n) is 3.93. The monoisotopic (exact) mass is 384 g/mol. The van der Waals surface area contributed by atoms with Gasteiger partial charge in [0.25, 0.3) is 0 Å². The lowest BCUT2D eigenvalue weighted by Gasteiger charge is -2.25. The zero-order valence-electron chi connectivity index (χ0n) is 17.3. The molecule has 3 rings (SSSR count). The van der Waals surface area contributed by atoms with Crippen molar-refractivity contribution in [3.8, 4) is 17.0 Å². The van der Waals surface area contributed by atoms with Gasteiger partial charge in [0.2, 0.25) is 0 Å². The number of ether oxygens (including phenoxy) is 1. The Balaban J connectivity index is 1.53. The molecule has 0 N–H and O–H groups in total. The van der Waals surface area contributed by atoms with Crippen LogP contribution in [0.15, 0.2) is 30.3 Å². The standard InChI is InChI=1S/C24H33FN2O/c1-3-4-5-16-28-24-15-11-20(17-22(24)25)23-14-13-21(26-27-23)12-10-19-8-6-18(2)7-9-19/h11,13-15,17-19H,3-10,12,16H2,1-2H3. The molecule has 0 aliphatic heterocycles. The second kappa shape index (κ2) is 10.5. The Morgan fingerprint density at radius 1 is 1.04 bits per heavy atom. The summed E-state index contributed by atoms with van der Waals surface area (Å²) in [5.41, 5.74) is 2.46.